The van der Waals surface area contributed by atoms with E-state index in [4.69, 9.17) is 16.3 Å². The molecule has 4 nitrogen and oxygen atoms in total. The number of benzene rings is 1. The monoisotopic (exact) mass is 301 g/mol. The molecule has 5 heteroatoms. The van der Waals surface area contributed by atoms with Gasteiger partial charge in [-0.3, -0.25) is 4.57 Å². The molecule has 1 unspecified atom stereocenters. The van der Waals surface area contributed by atoms with Crippen LogP contribution in [0.25, 0.3) is 16.9 Å². The van der Waals surface area contributed by atoms with Crippen LogP contribution in [0.4, 0.5) is 0 Å². The molecule has 0 radical (unpaired) electrons. The number of rotatable bonds is 4. The lowest BCUT2D eigenvalue weighted by atomic mass is 10.3. The quantitative estimate of drug-likeness (QED) is 0.681. The van der Waals surface area contributed by atoms with Crippen LogP contribution in [-0.2, 0) is 0 Å². The maximum atomic E-state index is 6.29. The zero-order valence-electron chi connectivity index (χ0n) is 12.0. The minimum Gasteiger partial charge on any atom is -0.494 e. The van der Waals surface area contributed by atoms with E-state index in [9.17, 15) is 0 Å². The van der Waals surface area contributed by atoms with Crippen LogP contribution in [0.3, 0.4) is 0 Å². The van der Waals surface area contributed by atoms with Crippen LogP contribution in [0, 0.1) is 0 Å². The van der Waals surface area contributed by atoms with Gasteiger partial charge in [-0.05, 0) is 38.1 Å². The Labute approximate surface area is 128 Å². The van der Waals surface area contributed by atoms with Gasteiger partial charge >= 0.3 is 0 Å². The number of ether oxygens (including phenoxy) is 1. The van der Waals surface area contributed by atoms with Gasteiger partial charge in [0.2, 0.25) is 0 Å². The number of hydrogen-bond acceptors (Lipinski definition) is 3. The third kappa shape index (κ3) is 2.59. The van der Waals surface area contributed by atoms with Crippen molar-refractivity contribution in [2.45, 2.75) is 19.2 Å². The molecule has 3 aromatic rings. The summed E-state index contributed by atoms with van der Waals surface area (Å²) >= 11 is 6.29. The van der Waals surface area contributed by atoms with E-state index in [0.29, 0.717) is 6.61 Å². The fourth-order valence-electron chi connectivity index (χ4n) is 2.33. The summed E-state index contributed by atoms with van der Waals surface area (Å²) in [5, 5.41) is -0.213. The van der Waals surface area contributed by atoms with Crippen molar-refractivity contribution >= 4 is 22.8 Å². The molecule has 0 fully saturated rings. The Hall–Kier alpha value is -2.07. The number of alkyl halides is 1. The minimum atomic E-state index is -0.213. The number of nitrogens with zero attached hydrogens (tertiary/aromatic N) is 3. The van der Waals surface area contributed by atoms with Gasteiger partial charge in [0.25, 0.3) is 0 Å². The molecule has 3 rings (SSSR count). The SMILES string of the molecule is CCOc1cccc(-n2c(C(C)Cl)nc3cccnc32)c1. The molecule has 0 aliphatic rings. The highest BCUT2D eigenvalue weighted by molar-refractivity contribution is 6.20. The highest BCUT2D eigenvalue weighted by Crippen LogP contribution is 2.28. The standard InChI is InChI=1S/C16H16ClN3O/c1-3-21-13-7-4-6-12(10-13)20-15(11(2)17)19-14-8-5-9-18-16(14)20/h4-11H,3H2,1-2H3. The summed E-state index contributed by atoms with van der Waals surface area (Å²) in [7, 11) is 0. The summed E-state index contributed by atoms with van der Waals surface area (Å²) in [6.07, 6.45) is 1.76. The van der Waals surface area contributed by atoms with E-state index in [1.807, 2.05) is 54.8 Å². The summed E-state index contributed by atoms with van der Waals surface area (Å²) in [5.41, 5.74) is 2.58. The lowest BCUT2D eigenvalue weighted by molar-refractivity contribution is 0.340. The molecule has 0 saturated carbocycles. The molecule has 21 heavy (non-hydrogen) atoms. The van der Waals surface area contributed by atoms with Crippen LogP contribution < -0.4 is 4.74 Å². The van der Waals surface area contributed by atoms with Crippen molar-refractivity contribution in [2.75, 3.05) is 6.61 Å². The summed E-state index contributed by atoms with van der Waals surface area (Å²) in [6.45, 7) is 4.50. The van der Waals surface area contributed by atoms with Crippen molar-refractivity contribution in [3.8, 4) is 11.4 Å². The minimum absolute atomic E-state index is 0.213. The number of hydrogen-bond donors (Lipinski definition) is 0. The highest BCUT2D eigenvalue weighted by Gasteiger charge is 2.17. The van der Waals surface area contributed by atoms with Crippen molar-refractivity contribution < 1.29 is 4.74 Å². The van der Waals surface area contributed by atoms with Crippen molar-refractivity contribution in [3.05, 3.63) is 48.4 Å². The van der Waals surface area contributed by atoms with Gasteiger partial charge in [-0.1, -0.05) is 6.07 Å². The summed E-state index contributed by atoms with van der Waals surface area (Å²) in [4.78, 5) is 9.03. The van der Waals surface area contributed by atoms with E-state index in [0.717, 1.165) is 28.4 Å². The van der Waals surface area contributed by atoms with Gasteiger partial charge in [0.1, 0.15) is 17.1 Å². The van der Waals surface area contributed by atoms with E-state index >= 15 is 0 Å². The van der Waals surface area contributed by atoms with Crippen LogP contribution in [0.2, 0.25) is 0 Å². The van der Waals surface area contributed by atoms with E-state index in [1.54, 1.807) is 6.20 Å². The molecule has 0 amide bonds. The molecule has 0 saturated heterocycles. The Kier molecular flexibility index (Phi) is 3.80. The van der Waals surface area contributed by atoms with E-state index in [2.05, 4.69) is 9.97 Å². The average Bonchev–Trinajstić information content (AvgIpc) is 2.87. The predicted octanol–water partition coefficient (Wildman–Crippen LogP) is 4.12. The number of imidazole rings is 1. The molecule has 2 heterocycles. The normalized spacial score (nSPS) is 12.5. The second kappa shape index (κ2) is 5.74. The molecular formula is C16H16ClN3O. The Bertz CT molecular complexity index is 767. The molecule has 0 N–H and O–H groups in total. The molecule has 0 spiro atoms. The second-order valence-electron chi connectivity index (χ2n) is 4.70. The van der Waals surface area contributed by atoms with Gasteiger partial charge < -0.3 is 4.74 Å². The molecule has 108 valence electrons. The molecule has 2 aromatic heterocycles. The number of halogens is 1. The van der Waals surface area contributed by atoms with Gasteiger partial charge in [-0.25, -0.2) is 9.97 Å². The van der Waals surface area contributed by atoms with Crippen LogP contribution in [0.5, 0.6) is 5.75 Å². The van der Waals surface area contributed by atoms with Crippen LogP contribution >= 0.6 is 11.6 Å². The molecule has 1 aromatic carbocycles. The third-order valence-corrected chi connectivity index (χ3v) is 3.38. The van der Waals surface area contributed by atoms with E-state index in [-0.39, 0.29) is 5.38 Å². The van der Waals surface area contributed by atoms with Crippen LogP contribution in [0.1, 0.15) is 25.0 Å². The second-order valence-corrected chi connectivity index (χ2v) is 5.35. The molecule has 0 aliphatic heterocycles. The molecular weight excluding hydrogens is 286 g/mol. The Morgan fingerprint density at radius 3 is 2.90 bits per heavy atom. The zero-order chi connectivity index (χ0) is 14.8. The van der Waals surface area contributed by atoms with Crippen LogP contribution in [-0.4, -0.2) is 21.1 Å². The lowest BCUT2D eigenvalue weighted by Gasteiger charge is -2.11. The summed E-state index contributed by atoms with van der Waals surface area (Å²) in [5.74, 6) is 1.60. The first-order valence-electron chi connectivity index (χ1n) is 6.91. The molecule has 1 atom stereocenters. The third-order valence-electron chi connectivity index (χ3n) is 3.18. The largest absolute Gasteiger partial charge is 0.494 e. The predicted molar refractivity (Wildman–Crippen MR) is 84.3 cm³/mol. The first-order valence-corrected chi connectivity index (χ1v) is 7.35. The van der Waals surface area contributed by atoms with Gasteiger partial charge in [0.05, 0.1) is 17.7 Å². The van der Waals surface area contributed by atoms with Crippen LogP contribution in [0.15, 0.2) is 42.6 Å². The topological polar surface area (TPSA) is 39.9 Å². The number of fused-ring (bicyclic) bond motifs is 1. The van der Waals surface area contributed by atoms with Crippen molar-refractivity contribution in [2.24, 2.45) is 0 Å². The zero-order valence-corrected chi connectivity index (χ0v) is 12.7. The van der Waals surface area contributed by atoms with E-state index in [1.165, 1.54) is 0 Å². The highest BCUT2D eigenvalue weighted by atomic mass is 35.5. The molecule has 0 aliphatic carbocycles. The average molecular weight is 302 g/mol. The smallest absolute Gasteiger partial charge is 0.164 e. The van der Waals surface area contributed by atoms with Gasteiger partial charge in [-0.15, -0.1) is 11.6 Å². The van der Waals surface area contributed by atoms with E-state index < -0.39 is 0 Å². The van der Waals surface area contributed by atoms with Crippen molar-refractivity contribution in [1.82, 2.24) is 14.5 Å². The Morgan fingerprint density at radius 2 is 2.14 bits per heavy atom. The Balaban J connectivity index is 2.23. The van der Waals surface area contributed by atoms with Crippen molar-refractivity contribution in [1.29, 1.82) is 0 Å². The fraction of sp³-hybridized carbons (Fsp3) is 0.250. The summed E-state index contributed by atoms with van der Waals surface area (Å²) < 4.78 is 7.55. The van der Waals surface area contributed by atoms with Gasteiger partial charge in [0, 0.05) is 12.3 Å². The van der Waals surface area contributed by atoms with Crippen molar-refractivity contribution in [3.63, 3.8) is 0 Å². The first kappa shape index (κ1) is 13.9. The fourth-order valence-corrected chi connectivity index (χ4v) is 2.48. The lowest BCUT2D eigenvalue weighted by Crippen LogP contribution is -2.03. The maximum absolute atomic E-state index is 6.29. The molecule has 0 bridgehead atoms. The maximum Gasteiger partial charge on any atom is 0.164 e. The number of aromatic nitrogens is 3. The van der Waals surface area contributed by atoms with Gasteiger partial charge in [-0.2, -0.15) is 0 Å². The summed E-state index contributed by atoms with van der Waals surface area (Å²) in [6, 6.07) is 11.7. The first-order chi connectivity index (χ1) is 10.2. The Morgan fingerprint density at radius 1 is 1.29 bits per heavy atom. The van der Waals surface area contributed by atoms with Gasteiger partial charge in [0.15, 0.2) is 5.65 Å². The number of pyridine rings is 1.